The van der Waals surface area contributed by atoms with Crippen molar-refractivity contribution < 1.29 is 4.92 Å². The Morgan fingerprint density at radius 2 is 1.91 bits per heavy atom. The number of nitrogens with zero attached hydrogens (tertiary/aromatic N) is 1. The van der Waals surface area contributed by atoms with Crippen molar-refractivity contribution >= 4 is 35.4 Å². The van der Waals surface area contributed by atoms with Crippen molar-refractivity contribution in [1.29, 1.82) is 0 Å². The van der Waals surface area contributed by atoms with Crippen molar-refractivity contribution in [2.24, 2.45) is 0 Å². The molecule has 0 heterocycles. The summed E-state index contributed by atoms with van der Waals surface area (Å²) in [5, 5.41) is 17.5. The van der Waals surface area contributed by atoms with Crippen LogP contribution in [0.5, 0.6) is 0 Å². The van der Waals surface area contributed by atoms with Gasteiger partial charge in [0.25, 0.3) is 5.69 Å². The maximum atomic E-state index is 10.6. The van der Waals surface area contributed by atoms with Crippen LogP contribution < -0.4 is 10.6 Å². The van der Waals surface area contributed by atoms with Crippen LogP contribution in [0.1, 0.15) is 11.1 Å². The summed E-state index contributed by atoms with van der Waals surface area (Å²) in [7, 11) is 0. The van der Waals surface area contributed by atoms with Crippen molar-refractivity contribution in [3.63, 3.8) is 0 Å². The summed E-state index contributed by atoms with van der Waals surface area (Å²) >= 11 is 6.02. The van der Waals surface area contributed by atoms with Crippen molar-refractivity contribution in [2.75, 3.05) is 18.4 Å². The fourth-order valence-electron chi connectivity index (χ4n) is 2.08. The van der Waals surface area contributed by atoms with Gasteiger partial charge in [0.2, 0.25) is 0 Å². The van der Waals surface area contributed by atoms with Crippen molar-refractivity contribution in [3.05, 3.63) is 68.7 Å². The predicted octanol–water partition coefficient (Wildman–Crippen LogP) is 4.18. The topological polar surface area (TPSA) is 67.2 Å². The van der Waals surface area contributed by atoms with Gasteiger partial charge in [-0.2, -0.15) is 0 Å². The summed E-state index contributed by atoms with van der Waals surface area (Å²) in [5.74, 6) is 0. The van der Waals surface area contributed by atoms with E-state index in [4.69, 9.17) is 11.6 Å². The van der Waals surface area contributed by atoms with Gasteiger partial charge in [0.15, 0.2) is 0 Å². The summed E-state index contributed by atoms with van der Waals surface area (Å²) in [4.78, 5) is 10.2. The predicted molar refractivity (Wildman–Crippen MR) is 96.7 cm³/mol. The lowest BCUT2D eigenvalue weighted by atomic mass is 10.1. The zero-order valence-corrected chi connectivity index (χ0v) is 14.3. The Balaban J connectivity index is 0.00000264. The molecule has 0 aliphatic carbocycles. The van der Waals surface area contributed by atoms with Gasteiger partial charge < -0.3 is 10.6 Å². The van der Waals surface area contributed by atoms with Gasteiger partial charge in [-0.05, 0) is 24.1 Å². The Morgan fingerprint density at radius 3 is 2.57 bits per heavy atom. The monoisotopic (exact) mass is 355 g/mol. The number of nitrogens with one attached hydrogen (secondary N) is 2. The van der Waals surface area contributed by atoms with Crippen LogP contribution in [-0.2, 0) is 6.54 Å². The van der Waals surface area contributed by atoms with E-state index in [1.807, 2.05) is 12.1 Å². The van der Waals surface area contributed by atoms with Crippen LogP contribution in [0.4, 0.5) is 11.4 Å². The van der Waals surface area contributed by atoms with Crippen LogP contribution in [-0.4, -0.2) is 18.0 Å². The molecule has 0 aliphatic heterocycles. The highest BCUT2D eigenvalue weighted by Gasteiger charge is 2.08. The summed E-state index contributed by atoms with van der Waals surface area (Å²) in [6.07, 6.45) is 0. The first-order valence-corrected chi connectivity index (χ1v) is 7.39. The van der Waals surface area contributed by atoms with Crippen LogP contribution in [0.25, 0.3) is 0 Å². The minimum atomic E-state index is -0.459. The Kier molecular flexibility index (Phi) is 7.81. The van der Waals surface area contributed by atoms with Crippen LogP contribution >= 0.6 is 24.0 Å². The van der Waals surface area contributed by atoms with Gasteiger partial charge in [0.1, 0.15) is 0 Å². The normalized spacial score (nSPS) is 10.0. The average Bonchev–Trinajstić information content (AvgIpc) is 2.50. The Bertz CT molecular complexity index is 666. The van der Waals surface area contributed by atoms with E-state index in [1.165, 1.54) is 23.3 Å². The van der Waals surface area contributed by atoms with E-state index in [0.717, 1.165) is 13.1 Å². The first-order chi connectivity index (χ1) is 10.6. The van der Waals surface area contributed by atoms with Gasteiger partial charge in [-0.3, -0.25) is 10.1 Å². The Labute approximate surface area is 146 Å². The molecular weight excluding hydrogens is 337 g/mol. The Morgan fingerprint density at radius 1 is 1.17 bits per heavy atom. The number of aryl methyl sites for hydroxylation is 1. The third kappa shape index (κ3) is 5.71. The summed E-state index contributed by atoms with van der Waals surface area (Å²) in [6, 6.07) is 12.7. The van der Waals surface area contributed by atoms with Crippen molar-refractivity contribution in [2.45, 2.75) is 13.5 Å². The van der Waals surface area contributed by atoms with Crippen LogP contribution in [0.3, 0.4) is 0 Å². The van der Waals surface area contributed by atoms with E-state index >= 15 is 0 Å². The molecule has 0 aliphatic rings. The number of hydrogen-bond donors (Lipinski definition) is 2. The zero-order chi connectivity index (χ0) is 15.9. The molecule has 0 radical (unpaired) electrons. The third-order valence-electron chi connectivity index (χ3n) is 3.36. The second-order valence-electron chi connectivity index (χ2n) is 4.95. The molecule has 5 nitrogen and oxygen atoms in total. The largest absolute Gasteiger partial charge is 0.383 e. The number of rotatable bonds is 7. The second kappa shape index (κ2) is 9.35. The maximum Gasteiger partial charge on any atom is 0.271 e. The van der Waals surface area contributed by atoms with Gasteiger partial charge in [-0.25, -0.2) is 0 Å². The van der Waals surface area contributed by atoms with Crippen LogP contribution in [0, 0.1) is 17.0 Å². The molecule has 0 fully saturated rings. The van der Waals surface area contributed by atoms with Gasteiger partial charge in [-0.1, -0.05) is 35.9 Å². The molecule has 2 rings (SSSR count). The average molecular weight is 356 g/mol. The number of halogens is 2. The molecule has 0 saturated carbocycles. The first kappa shape index (κ1) is 19.2. The van der Waals surface area contributed by atoms with E-state index in [9.17, 15) is 10.1 Å². The Hall–Kier alpha value is -1.82. The quantitative estimate of drug-likeness (QED) is 0.444. The van der Waals surface area contributed by atoms with E-state index in [0.29, 0.717) is 17.3 Å². The molecular formula is C16H19Cl2N3O2. The highest BCUT2D eigenvalue weighted by Crippen LogP contribution is 2.26. The lowest BCUT2D eigenvalue weighted by Crippen LogP contribution is -2.22. The molecule has 0 atom stereocenters. The van der Waals surface area contributed by atoms with Crippen LogP contribution in [0.2, 0.25) is 5.02 Å². The molecule has 0 saturated heterocycles. The van der Waals surface area contributed by atoms with Gasteiger partial charge in [0, 0.05) is 31.8 Å². The molecule has 0 spiro atoms. The molecule has 7 heteroatoms. The number of hydrogen-bond acceptors (Lipinski definition) is 4. The minimum Gasteiger partial charge on any atom is -0.383 e. The molecule has 0 bridgehead atoms. The summed E-state index contributed by atoms with van der Waals surface area (Å²) in [6.45, 7) is 4.35. The molecule has 0 unspecified atom stereocenters. The van der Waals surface area contributed by atoms with Gasteiger partial charge >= 0.3 is 0 Å². The maximum absolute atomic E-state index is 10.6. The highest BCUT2D eigenvalue weighted by molar-refractivity contribution is 6.33. The second-order valence-corrected chi connectivity index (χ2v) is 5.36. The molecule has 23 heavy (non-hydrogen) atoms. The van der Waals surface area contributed by atoms with E-state index < -0.39 is 4.92 Å². The summed E-state index contributed by atoms with van der Waals surface area (Å²) in [5.41, 5.74) is 3.23. The fourth-order valence-corrected chi connectivity index (χ4v) is 2.32. The van der Waals surface area contributed by atoms with Crippen LogP contribution in [0.15, 0.2) is 42.5 Å². The minimum absolute atomic E-state index is 0. The van der Waals surface area contributed by atoms with Crippen molar-refractivity contribution in [3.8, 4) is 0 Å². The smallest absolute Gasteiger partial charge is 0.271 e. The van der Waals surface area contributed by atoms with E-state index in [1.54, 1.807) is 6.07 Å². The summed E-state index contributed by atoms with van der Waals surface area (Å²) < 4.78 is 0. The number of anilines is 1. The lowest BCUT2D eigenvalue weighted by Gasteiger charge is -2.10. The number of nitro benzene ring substituents is 1. The number of benzene rings is 2. The van der Waals surface area contributed by atoms with Gasteiger partial charge in [-0.15, -0.1) is 12.4 Å². The standard InChI is InChI=1S/C16H18ClN3O2.ClH/c1-12-4-2-3-5-13(12)11-18-8-9-19-16-7-6-14(20(21)22)10-15(16)17;/h2-7,10,18-19H,8-9,11H2,1H3;1H. The lowest BCUT2D eigenvalue weighted by molar-refractivity contribution is -0.384. The zero-order valence-electron chi connectivity index (χ0n) is 12.7. The fraction of sp³-hybridized carbons (Fsp3) is 0.250. The molecule has 2 aromatic carbocycles. The first-order valence-electron chi connectivity index (χ1n) is 7.01. The molecule has 2 N–H and O–H groups in total. The molecule has 0 aromatic heterocycles. The van der Waals surface area contributed by atoms with E-state index in [2.05, 4.69) is 29.7 Å². The van der Waals surface area contributed by atoms with Gasteiger partial charge in [0.05, 0.1) is 15.6 Å². The SMILES string of the molecule is Cc1ccccc1CNCCNc1ccc([N+](=O)[O-])cc1Cl.Cl. The molecule has 124 valence electrons. The molecule has 2 aromatic rings. The van der Waals surface area contributed by atoms with E-state index in [-0.39, 0.29) is 18.1 Å². The number of nitro groups is 1. The highest BCUT2D eigenvalue weighted by atomic mass is 35.5. The number of non-ortho nitro benzene ring substituents is 1. The third-order valence-corrected chi connectivity index (χ3v) is 3.67. The van der Waals surface area contributed by atoms with Crippen molar-refractivity contribution in [1.82, 2.24) is 5.32 Å². The molecule has 0 amide bonds.